The van der Waals surface area contributed by atoms with E-state index in [9.17, 15) is 4.79 Å². The van der Waals surface area contributed by atoms with Crippen LogP contribution in [0.5, 0.6) is 5.75 Å². The average Bonchev–Trinajstić information content (AvgIpc) is 2.99. The van der Waals surface area contributed by atoms with Crippen molar-refractivity contribution in [3.63, 3.8) is 0 Å². The van der Waals surface area contributed by atoms with Crippen LogP contribution in [0.1, 0.15) is 25.7 Å². The van der Waals surface area contributed by atoms with E-state index in [-0.39, 0.29) is 12.5 Å². The topological polar surface area (TPSA) is 38.8 Å². The lowest BCUT2D eigenvalue weighted by Crippen LogP contribution is -2.32. The number of halogens is 1. The monoisotopic (exact) mass is 311 g/mol. The van der Waals surface area contributed by atoms with Gasteiger partial charge in [0.05, 0.1) is 11.1 Å². The van der Waals surface area contributed by atoms with Crippen molar-refractivity contribution < 1.29 is 14.3 Å². The molecule has 1 aromatic rings. The molecular formula is C16H22ClNO3. The number of nitrogens with zero attached hydrogens (tertiary/aromatic N) is 1. The third kappa shape index (κ3) is 5.21. The highest BCUT2D eigenvalue weighted by molar-refractivity contribution is 6.32. The molecule has 0 bridgehead atoms. The Balaban J connectivity index is 1.66. The first-order valence-electron chi connectivity index (χ1n) is 7.39. The predicted molar refractivity (Wildman–Crippen MR) is 82.8 cm³/mol. The highest BCUT2D eigenvalue weighted by Crippen LogP contribution is 2.23. The molecule has 1 aliphatic heterocycles. The molecule has 5 heteroatoms. The molecule has 1 heterocycles. The highest BCUT2D eigenvalue weighted by Gasteiger charge is 2.16. The molecule has 1 fully saturated rings. The van der Waals surface area contributed by atoms with E-state index in [1.54, 1.807) is 24.1 Å². The van der Waals surface area contributed by atoms with Gasteiger partial charge in [-0.25, -0.2) is 0 Å². The molecule has 21 heavy (non-hydrogen) atoms. The molecule has 2 rings (SSSR count). The number of hydrogen-bond acceptors (Lipinski definition) is 3. The molecule has 1 saturated heterocycles. The summed E-state index contributed by atoms with van der Waals surface area (Å²) in [6.07, 6.45) is 4.66. The molecule has 1 aromatic carbocycles. The summed E-state index contributed by atoms with van der Waals surface area (Å²) in [5.41, 5.74) is 0. The van der Waals surface area contributed by atoms with Gasteiger partial charge >= 0.3 is 0 Å². The molecule has 116 valence electrons. The zero-order valence-corrected chi connectivity index (χ0v) is 13.1. The second-order valence-corrected chi connectivity index (χ2v) is 5.72. The fourth-order valence-electron chi connectivity index (χ4n) is 2.36. The summed E-state index contributed by atoms with van der Waals surface area (Å²) in [4.78, 5) is 13.7. The summed E-state index contributed by atoms with van der Waals surface area (Å²) in [6, 6.07) is 7.16. The van der Waals surface area contributed by atoms with Crippen molar-refractivity contribution in [3.05, 3.63) is 29.3 Å². The van der Waals surface area contributed by atoms with Gasteiger partial charge in [0.1, 0.15) is 5.75 Å². The van der Waals surface area contributed by atoms with Gasteiger partial charge in [-0.2, -0.15) is 0 Å². The molecule has 4 nitrogen and oxygen atoms in total. The Morgan fingerprint density at radius 3 is 3.00 bits per heavy atom. The van der Waals surface area contributed by atoms with Gasteiger partial charge in [0.25, 0.3) is 5.91 Å². The summed E-state index contributed by atoms with van der Waals surface area (Å²) >= 11 is 5.98. The molecule has 1 aliphatic rings. The van der Waals surface area contributed by atoms with Gasteiger partial charge in [0.2, 0.25) is 0 Å². The largest absolute Gasteiger partial charge is 0.482 e. The Labute approximate surface area is 131 Å². The van der Waals surface area contributed by atoms with Gasteiger partial charge in [-0.3, -0.25) is 4.79 Å². The third-order valence-electron chi connectivity index (χ3n) is 3.66. The maximum absolute atomic E-state index is 12.0. The minimum atomic E-state index is -0.0396. The van der Waals surface area contributed by atoms with Crippen LogP contribution in [0.2, 0.25) is 5.02 Å². The first-order chi connectivity index (χ1) is 10.2. The van der Waals surface area contributed by atoms with Gasteiger partial charge in [0.15, 0.2) is 6.61 Å². The SMILES string of the molecule is CN(CCC[C@@H]1CCCO1)C(=O)COc1ccccc1Cl. The highest BCUT2D eigenvalue weighted by atomic mass is 35.5. The Morgan fingerprint density at radius 2 is 2.29 bits per heavy atom. The lowest BCUT2D eigenvalue weighted by Gasteiger charge is -2.18. The molecule has 0 aliphatic carbocycles. The van der Waals surface area contributed by atoms with E-state index in [0.29, 0.717) is 16.9 Å². The summed E-state index contributed by atoms with van der Waals surface area (Å²) in [7, 11) is 1.80. The van der Waals surface area contributed by atoms with Crippen LogP contribution in [0.3, 0.4) is 0 Å². The molecule has 0 radical (unpaired) electrons. The zero-order valence-electron chi connectivity index (χ0n) is 12.4. The van der Waals surface area contributed by atoms with E-state index >= 15 is 0 Å². The van der Waals surface area contributed by atoms with E-state index in [0.717, 1.165) is 38.8 Å². The van der Waals surface area contributed by atoms with Crippen molar-refractivity contribution in [2.75, 3.05) is 26.8 Å². The third-order valence-corrected chi connectivity index (χ3v) is 3.97. The zero-order chi connectivity index (χ0) is 15.1. The number of ether oxygens (including phenoxy) is 2. The summed E-state index contributed by atoms with van der Waals surface area (Å²) in [6.45, 7) is 1.62. The van der Waals surface area contributed by atoms with E-state index in [1.807, 2.05) is 12.1 Å². The van der Waals surface area contributed by atoms with Crippen LogP contribution in [0.25, 0.3) is 0 Å². The Morgan fingerprint density at radius 1 is 1.48 bits per heavy atom. The minimum absolute atomic E-state index is 0.0140. The first kappa shape index (κ1) is 16.1. The van der Waals surface area contributed by atoms with Crippen LogP contribution in [0, 0.1) is 0 Å². The number of para-hydroxylation sites is 1. The van der Waals surface area contributed by atoms with Crippen LogP contribution in [0.4, 0.5) is 0 Å². The summed E-state index contributed by atoms with van der Waals surface area (Å²) < 4.78 is 11.0. The molecule has 0 spiro atoms. The second kappa shape index (κ2) is 8.25. The minimum Gasteiger partial charge on any atom is -0.482 e. The van der Waals surface area contributed by atoms with E-state index in [4.69, 9.17) is 21.1 Å². The van der Waals surface area contributed by atoms with E-state index < -0.39 is 0 Å². The Bertz CT molecular complexity index is 461. The average molecular weight is 312 g/mol. The maximum Gasteiger partial charge on any atom is 0.260 e. The van der Waals surface area contributed by atoms with Crippen LogP contribution in [0.15, 0.2) is 24.3 Å². The molecule has 0 unspecified atom stereocenters. The van der Waals surface area contributed by atoms with Crippen molar-refractivity contribution >= 4 is 17.5 Å². The Hall–Kier alpha value is -1.26. The quantitative estimate of drug-likeness (QED) is 0.776. The van der Waals surface area contributed by atoms with Crippen molar-refractivity contribution in [3.8, 4) is 5.75 Å². The van der Waals surface area contributed by atoms with E-state index in [1.165, 1.54) is 0 Å². The van der Waals surface area contributed by atoms with Gasteiger partial charge < -0.3 is 14.4 Å². The number of carbonyl (C=O) groups excluding carboxylic acids is 1. The van der Waals surface area contributed by atoms with Crippen LogP contribution < -0.4 is 4.74 Å². The summed E-state index contributed by atoms with van der Waals surface area (Å²) in [5.74, 6) is 0.502. The van der Waals surface area contributed by atoms with Gasteiger partial charge in [-0.1, -0.05) is 23.7 Å². The molecule has 0 aromatic heterocycles. The fourth-order valence-corrected chi connectivity index (χ4v) is 2.55. The number of likely N-dealkylation sites (N-methyl/N-ethyl adjacent to an activating group) is 1. The smallest absolute Gasteiger partial charge is 0.260 e. The maximum atomic E-state index is 12.0. The molecule has 1 amide bonds. The van der Waals surface area contributed by atoms with Crippen LogP contribution >= 0.6 is 11.6 Å². The van der Waals surface area contributed by atoms with Crippen molar-refractivity contribution in [1.82, 2.24) is 4.90 Å². The van der Waals surface area contributed by atoms with Crippen molar-refractivity contribution in [1.29, 1.82) is 0 Å². The van der Waals surface area contributed by atoms with Gasteiger partial charge in [-0.15, -0.1) is 0 Å². The standard InChI is InChI=1S/C16H22ClNO3/c1-18(10-4-6-13-7-5-11-20-13)16(19)12-21-15-9-3-2-8-14(15)17/h2-3,8-9,13H,4-7,10-12H2,1H3/t13-/m1/s1. The van der Waals surface area contributed by atoms with Gasteiger partial charge in [0, 0.05) is 20.2 Å². The number of amides is 1. The van der Waals surface area contributed by atoms with Crippen molar-refractivity contribution in [2.24, 2.45) is 0 Å². The number of rotatable bonds is 7. The van der Waals surface area contributed by atoms with Gasteiger partial charge in [-0.05, 0) is 37.8 Å². The number of benzene rings is 1. The molecular weight excluding hydrogens is 290 g/mol. The predicted octanol–water partition coefficient (Wildman–Crippen LogP) is 3.14. The Kier molecular flexibility index (Phi) is 6.33. The number of carbonyl (C=O) groups is 1. The molecule has 0 N–H and O–H groups in total. The molecule has 1 atom stereocenters. The number of hydrogen-bond donors (Lipinski definition) is 0. The van der Waals surface area contributed by atoms with Crippen LogP contribution in [-0.4, -0.2) is 43.7 Å². The lowest BCUT2D eigenvalue weighted by molar-refractivity contribution is -0.132. The lowest BCUT2D eigenvalue weighted by atomic mass is 10.1. The normalized spacial score (nSPS) is 17.7. The van der Waals surface area contributed by atoms with E-state index in [2.05, 4.69) is 0 Å². The van der Waals surface area contributed by atoms with Crippen molar-refractivity contribution in [2.45, 2.75) is 31.8 Å². The fraction of sp³-hybridized carbons (Fsp3) is 0.562. The second-order valence-electron chi connectivity index (χ2n) is 5.31. The summed E-state index contributed by atoms with van der Waals surface area (Å²) in [5, 5.41) is 0.520. The first-order valence-corrected chi connectivity index (χ1v) is 7.77. The molecule has 0 saturated carbocycles. The van der Waals surface area contributed by atoms with Crippen LogP contribution in [-0.2, 0) is 9.53 Å².